The zero-order chi connectivity index (χ0) is 6.95. The first-order chi connectivity index (χ1) is 4.41. The Bertz CT molecular complexity index is 34.6. The van der Waals surface area contributed by atoms with Crippen LogP contribution in [0.2, 0.25) is 0 Å². The number of hydrogen-bond donors (Lipinski definition) is 1. The van der Waals surface area contributed by atoms with Gasteiger partial charge in [0.25, 0.3) is 0 Å². The second-order valence-electron chi connectivity index (χ2n) is 2.11. The maximum absolute atomic E-state index is 5.03. The molecule has 0 radical (unpaired) electrons. The SMILES string of the molecule is C1CCOC1.CCCN. The predicted molar refractivity (Wildman–Crippen MR) is 39.4 cm³/mol. The van der Waals surface area contributed by atoms with E-state index < -0.39 is 0 Å². The molecule has 1 heterocycles. The highest BCUT2D eigenvalue weighted by Crippen LogP contribution is 1.98. The molecule has 0 bridgehead atoms. The average Bonchev–Trinajstić information content (AvgIpc) is 2.43. The molecule has 1 aliphatic rings. The van der Waals surface area contributed by atoms with Crippen LogP contribution in [0.3, 0.4) is 0 Å². The van der Waals surface area contributed by atoms with Crippen LogP contribution >= 0.6 is 0 Å². The Hall–Kier alpha value is -0.0800. The summed E-state index contributed by atoms with van der Waals surface area (Å²) in [5.74, 6) is 0. The second-order valence-corrected chi connectivity index (χ2v) is 2.11. The summed E-state index contributed by atoms with van der Waals surface area (Å²) in [4.78, 5) is 0. The highest BCUT2D eigenvalue weighted by atomic mass is 16.5. The molecule has 1 fully saturated rings. The molecule has 0 aromatic rings. The molecule has 2 nitrogen and oxygen atoms in total. The molecule has 1 saturated heterocycles. The number of ether oxygens (including phenoxy) is 1. The Labute approximate surface area is 57.4 Å². The second kappa shape index (κ2) is 7.92. The number of nitrogens with two attached hydrogens (primary N) is 1. The topological polar surface area (TPSA) is 35.2 Å². The van der Waals surface area contributed by atoms with E-state index in [1.165, 1.54) is 12.8 Å². The number of hydrogen-bond acceptors (Lipinski definition) is 2. The molecule has 0 spiro atoms. The van der Waals surface area contributed by atoms with Crippen molar-refractivity contribution in [1.29, 1.82) is 0 Å². The van der Waals surface area contributed by atoms with Gasteiger partial charge in [0.05, 0.1) is 0 Å². The van der Waals surface area contributed by atoms with E-state index in [4.69, 9.17) is 10.5 Å². The largest absolute Gasteiger partial charge is 0.381 e. The van der Waals surface area contributed by atoms with Crippen molar-refractivity contribution in [3.63, 3.8) is 0 Å². The Morgan fingerprint density at radius 3 is 1.89 bits per heavy atom. The first-order valence-corrected chi connectivity index (χ1v) is 3.69. The van der Waals surface area contributed by atoms with Crippen molar-refractivity contribution in [2.75, 3.05) is 19.8 Å². The van der Waals surface area contributed by atoms with Crippen LogP contribution in [0, 0.1) is 0 Å². The van der Waals surface area contributed by atoms with Crippen LogP contribution in [-0.2, 0) is 4.74 Å². The quantitative estimate of drug-likeness (QED) is 0.579. The first-order valence-electron chi connectivity index (χ1n) is 3.69. The normalized spacial score (nSPS) is 16.7. The van der Waals surface area contributed by atoms with E-state index in [0.717, 1.165) is 26.2 Å². The van der Waals surface area contributed by atoms with Crippen LogP contribution in [0.15, 0.2) is 0 Å². The molecule has 0 unspecified atom stereocenters. The molecule has 2 heteroatoms. The zero-order valence-electron chi connectivity index (χ0n) is 6.23. The molecule has 0 amide bonds. The summed E-state index contributed by atoms with van der Waals surface area (Å²) in [6.45, 7) is 4.88. The van der Waals surface area contributed by atoms with Crippen LogP contribution in [-0.4, -0.2) is 19.8 Å². The lowest BCUT2D eigenvalue weighted by atomic mass is 10.4. The van der Waals surface area contributed by atoms with E-state index in [1.807, 2.05) is 0 Å². The Morgan fingerprint density at radius 2 is 1.78 bits per heavy atom. The molecule has 9 heavy (non-hydrogen) atoms. The van der Waals surface area contributed by atoms with Crippen LogP contribution in [0.1, 0.15) is 26.2 Å². The van der Waals surface area contributed by atoms with Gasteiger partial charge >= 0.3 is 0 Å². The van der Waals surface area contributed by atoms with Gasteiger partial charge in [-0.3, -0.25) is 0 Å². The maximum Gasteiger partial charge on any atom is 0.0466 e. The Morgan fingerprint density at radius 1 is 1.33 bits per heavy atom. The van der Waals surface area contributed by atoms with Gasteiger partial charge in [0.2, 0.25) is 0 Å². The summed E-state index contributed by atoms with van der Waals surface area (Å²) in [5, 5.41) is 0. The van der Waals surface area contributed by atoms with Crippen molar-refractivity contribution in [3.8, 4) is 0 Å². The van der Waals surface area contributed by atoms with Crippen molar-refractivity contribution in [1.82, 2.24) is 0 Å². The van der Waals surface area contributed by atoms with E-state index in [2.05, 4.69) is 6.92 Å². The van der Waals surface area contributed by atoms with Gasteiger partial charge in [-0.15, -0.1) is 0 Å². The van der Waals surface area contributed by atoms with E-state index in [-0.39, 0.29) is 0 Å². The fraction of sp³-hybridized carbons (Fsp3) is 1.00. The molecular formula is C7H17NO. The smallest absolute Gasteiger partial charge is 0.0466 e. The molecule has 56 valence electrons. The third kappa shape index (κ3) is 7.92. The van der Waals surface area contributed by atoms with Gasteiger partial charge in [0.1, 0.15) is 0 Å². The van der Waals surface area contributed by atoms with Crippen molar-refractivity contribution in [3.05, 3.63) is 0 Å². The Balaban J connectivity index is 0.000000148. The van der Waals surface area contributed by atoms with E-state index in [9.17, 15) is 0 Å². The lowest BCUT2D eigenvalue weighted by Gasteiger charge is -1.76. The highest BCUT2D eigenvalue weighted by molar-refractivity contribution is 4.43. The highest BCUT2D eigenvalue weighted by Gasteiger charge is 1.94. The molecular weight excluding hydrogens is 114 g/mol. The molecule has 0 aliphatic carbocycles. The van der Waals surface area contributed by atoms with Crippen LogP contribution in [0.4, 0.5) is 0 Å². The Kier molecular flexibility index (Phi) is 7.85. The molecule has 0 saturated carbocycles. The monoisotopic (exact) mass is 131 g/mol. The lowest BCUT2D eigenvalue weighted by Crippen LogP contribution is -1.93. The average molecular weight is 131 g/mol. The van der Waals surface area contributed by atoms with Crippen LogP contribution < -0.4 is 5.73 Å². The number of rotatable bonds is 1. The van der Waals surface area contributed by atoms with Crippen molar-refractivity contribution >= 4 is 0 Å². The van der Waals surface area contributed by atoms with Crippen molar-refractivity contribution < 1.29 is 4.74 Å². The third-order valence-electron chi connectivity index (χ3n) is 1.12. The van der Waals surface area contributed by atoms with Crippen LogP contribution in [0.5, 0.6) is 0 Å². The lowest BCUT2D eigenvalue weighted by molar-refractivity contribution is 0.198. The molecule has 0 aromatic carbocycles. The molecule has 1 aliphatic heterocycles. The van der Waals surface area contributed by atoms with Gasteiger partial charge in [0, 0.05) is 13.2 Å². The summed E-state index contributed by atoms with van der Waals surface area (Å²) in [6, 6.07) is 0. The minimum atomic E-state index is 0.819. The summed E-state index contributed by atoms with van der Waals surface area (Å²) in [7, 11) is 0. The van der Waals surface area contributed by atoms with Gasteiger partial charge in [-0.2, -0.15) is 0 Å². The molecule has 0 atom stereocenters. The van der Waals surface area contributed by atoms with Gasteiger partial charge in [-0.1, -0.05) is 6.92 Å². The standard InChI is InChI=1S/C4H8O.C3H9N/c1-2-4-5-3-1;1-2-3-4/h1-4H2;2-4H2,1H3. The van der Waals surface area contributed by atoms with Gasteiger partial charge in [-0.05, 0) is 25.8 Å². The van der Waals surface area contributed by atoms with E-state index in [0.29, 0.717) is 0 Å². The first kappa shape index (κ1) is 8.92. The summed E-state index contributed by atoms with van der Waals surface area (Å²) < 4.78 is 4.94. The van der Waals surface area contributed by atoms with E-state index in [1.54, 1.807) is 0 Å². The van der Waals surface area contributed by atoms with E-state index >= 15 is 0 Å². The molecule has 2 N–H and O–H groups in total. The summed E-state index contributed by atoms with van der Waals surface area (Å²) in [5.41, 5.74) is 5.03. The molecule has 0 aromatic heterocycles. The third-order valence-corrected chi connectivity index (χ3v) is 1.12. The fourth-order valence-electron chi connectivity index (χ4n) is 0.510. The van der Waals surface area contributed by atoms with Crippen LogP contribution in [0.25, 0.3) is 0 Å². The predicted octanol–water partition coefficient (Wildman–Crippen LogP) is 1.15. The maximum atomic E-state index is 5.03. The zero-order valence-corrected chi connectivity index (χ0v) is 6.23. The minimum Gasteiger partial charge on any atom is -0.381 e. The van der Waals surface area contributed by atoms with Crippen molar-refractivity contribution in [2.24, 2.45) is 5.73 Å². The fourth-order valence-corrected chi connectivity index (χ4v) is 0.510. The van der Waals surface area contributed by atoms with Gasteiger partial charge in [-0.25, -0.2) is 0 Å². The molecule has 1 rings (SSSR count). The van der Waals surface area contributed by atoms with Gasteiger partial charge < -0.3 is 10.5 Å². The minimum absolute atomic E-state index is 0.819. The van der Waals surface area contributed by atoms with Crippen molar-refractivity contribution in [2.45, 2.75) is 26.2 Å². The van der Waals surface area contributed by atoms with Gasteiger partial charge in [0.15, 0.2) is 0 Å². The summed E-state index contributed by atoms with van der Waals surface area (Å²) in [6.07, 6.45) is 3.65. The summed E-state index contributed by atoms with van der Waals surface area (Å²) >= 11 is 0.